The summed E-state index contributed by atoms with van der Waals surface area (Å²) in [5.74, 6) is -2.00. The molecule has 2 atom stereocenters. The lowest BCUT2D eigenvalue weighted by Gasteiger charge is -2.24. The van der Waals surface area contributed by atoms with Crippen LogP contribution >= 0.6 is 27.3 Å². The van der Waals surface area contributed by atoms with E-state index in [0.29, 0.717) is 33.5 Å². The van der Waals surface area contributed by atoms with Gasteiger partial charge in [-0.05, 0) is 82.5 Å². The van der Waals surface area contributed by atoms with Crippen molar-refractivity contribution in [1.29, 1.82) is 0 Å². The van der Waals surface area contributed by atoms with Gasteiger partial charge in [-0.2, -0.15) is 0 Å². The lowest BCUT2D eigenvalue weighted by atomic mass is 9.94. The summed E-state index contributed by atoms with van der Waals surface area (Å²) in [5.41, 5.74) is 1.90. The fraction of sp³-hybridized carbons (Fsp3) is 0.179. The Hall–Kier alpha value is -3.96. The van der Waals surface area contributed by atoms with Gasteiger partial charge in [-0.3, -0.25) is 14.5 Å². The summed E-state index contributed by atoms with van der Waals surface area (Å²) in [5, 5.41) is 22.1. The van der Waals surface area contributed by atoms with Gasteiger partial charge in [-0.25, -0.2) is 9.37 Å². The third-order valence-electron chi connectivity index (χ3n) is 6.75. The molecular formula is C28H20BrFN2O6S. The number of carbonyl (C=O) groups excluding carboxylic acids is 2. The Kier molecular flexibility index (Phi) is 6.07. The first kappa shape index (κ1) is 25.3. The first-order valence-electron chi connectivity index (χ1n) is 11.9. The average Bonchev–Trinajstić information content (AvgIpc) is 3.57. The third kappa shape index (κ3) is 4.12. The van der Waals surface area contributed by atoms with Crippen LogP contribution in [-0.2, 0) is 16.0 Å². The number of halogens is 2. The van der Waals surface area contributed by atoms with Crippen LogP contribution in [0, 0.1) is 5.82 Å². The van der Waals surface area contributed by atoms with Gasteiger partial charge in [0.25, 0.3) is 5.78 Å². The normalized spacial score (nSPS) is 19.9. The SMILES string of the molecule is COc1cc([C@H]2C(=C(O)c3ccc4c(c3)C[C@@H](C)O4)C(=O)C(=O)N2c2nc3ccc(F)cc3s2)cc(Br)c1O. The number of hydrogen-bond acceptors (Lipinski definition) is 8. The largest absolute Gasteiger partial charge is 0.507 e. The number of aliphatic hydroxyl groups is 1. The molecule has 11 heteroatoms. The zero-order valence-corrected chi connectivity index (χ0v) is 23.0. The lowest BCUT2D eigenvalue weighted by molar-refractivity contribution is -0.132. The number of thiazole rings is 1. The van der Waals surface area contributed by atoms with Crippen LogP contribution in [0.15, 0.2) is 58.6 Å². The van der Waals surface area contributed by atoms with E-state index in [9.17, 15) is 24.2 Å². The zero-order chi connectivity index (χ0) is 27.6. The number of aliphatic hydroxyl groups excluding tert-OH is 1. The van der Waals surface area contributed by atoms with E-state index in [1.807, 2.05) is 6.92 Å². The van der Waals surface area contributed by atoms with E-state index in [2.05, 4.69) is 20.9 Å². The van der Waals surface area contributed by atoms with Crippen LogP contribution in [0.2, 0.25) is 0 Å². The molecule has 8 nitrogen and oxygen atoms in total. The van der Waals surface area contributed by atoms with Crippen molar-refractivity contribution in [2.45, 2.75) is 25.5 Å². The molecule has 2 N–H and O–H groups in total. The summed E-state index contributed by atoms with van der Waals surface area (Å²) in [4.78, 5) is 32.7. The number of ketones is 1. The van der Waals surface area contributed by atoms with Gasteiger partial charge in [0.1, 0.15) is 23.4 Å². The molecule has 1 saturated heterocycles. The second-order valence-electron chi connectivity index (χ2n) is 9.29. The number of phenolic OH excluding ortho intramolecular Hbond substituents is 1. The Labute approximate surface area is 234 Å². The van der Waals surface area contributed by atoms with E-state index in [1.54, 1.807) is 24.3 Å². The highest BCUT2D eigenvalue weighted by atomic mass is 79.9. The van der Waals surface area contributed by atoms with E-state index in [1.165, 1.54) is 36.3 Å². The van der Waals surface area contributed by atoms with Crippen LogP contribution in [0.5, 0.6) is 17.2 Å². The number of ether oxygens (including phenoxy) is 2. The number of aromatic hydroxyl groups is 1. The molecule has 0 aliphatic carbocycles. The molecular weight excluding hydrogens is 591 g/mol. The van der Waals surface area contributed by atoms with Gasteiger partial charge < -0.3 is 19.7 Å². The van der Waals surface area contributed by atoms with E-state index in [0.717, 1.165) is 16.9 Å². The Bertz CT molecular complexity index is 1730. The van der Waals surface area contributed by atoms with Crippen molar-refractivity contribution < 1.29 is 33.7 Å². The van der Waals surface area contributed by atoms with Crippen LogP contribution in [0.3, 0.4) is 0 Å². The predicted octanol–water partition coefficient (Wildman–Crippen LogP) is 5.86. The number of methoxy groups -OCH3 is 1. The maximum Gasteiger partial charge on any atom is 0.301 e. The van der Waals surface area contributed by atoms with E-state index >= 15 is 0 Å². The fourth-order valence-corrected chi connectivity index (χ4v) is 6.44. The molecule has 3 heterocycles. The van der Waals surface area contributed by atoms with Gasteiger partial charge in [-0.1, -0.05) is 11.3 Å². The number of hydrogen-bond donors (Lipinski definition) is 2. The molecule has 2 aliphatic rings. The Morgan fingerprint density at radius 2 is 2.00 bits per heavy atom. The third-order valence-corrected chi connectivity index (χ3v) is 8.37. The van der Waals surface area contributed by atoms with Crippen molar-refractivity contribution in [2.24, 2.45) is 0 Å². The van der Waals surface area contributed by atoms with Crippen LogP contribution < -0.4 is 14.4 Å². The van der Waals surface area contributed by atoms with Crippen molar-refractivity contribution in [1.82, 2.24) is 4.98 Å². The van der Waals surface area contributed by atoms with Gasteiger partial charge in [0.15, 0.2) is 16.6 Å². The molecule has 1 fully saturated rings. The minimum atomic E-state index is -1.12. The van der Waals surface area contributed by atoms with Crippen LogP contribution in [0.4, 0.5) is 9.52 Å². The Morgan fingerprint density at radius 3 is 2.77 bits per heavy atom. The molecule has 2 aliphatic heterocycles. The summed E-state index contributed by atoms with van der Waals surface area (Å²) in [6.45, 7) is 1.94. The number of anilines is 1. The number of Topliss-reactive ketones (excluding diaryl/α,β-unsaturated/α-hetero) is 1. The molecule has 198 valence electrons. The minimum absolute atomic E-state index is 0.0198. The van der Waals surface area contributed by atoms with E-state index < -0.39 is 23.5 Å². The molecule has 6 rings (SSSR count). The van der Waals surface area contributed by atoms with Crippen molar-refractivity contribution in [3.05, 3.63) is 81.1 Å². The Morgan fingerprint density at radius 1 is 1.21 bits per heavy atom. The molecule has 0 unspecified atom stereocenters. The molecule has 1 aromatic heterocycles. The number of phenols is 1. The number of benzene rings is 3. The molecule has 0 spiro atoms. The summed E-state index contributed by atoms with van der Waals surface area (Å²) >= 11 is 4.35. The predicted molar refractivity (Wildman–Crippen MR) is 147 cm³/mol. The van der Waals surface area contributed by atoms with Crippen molar-refractivity contribution in [2.75, 3.05) is 12.0 Å². The molecule has 4 aromatic rings. The van der Waals surface area contributed by atoms with Gasteiger partial charge in [-0.15, -0.1) is 0 Å². The second-order valence-corrected chi connectivity index (χ2v) is 11.1. The molecule has 0 saturated carbocycles. The Balaban J connectivity index is 1.57. The number of amides is 1. The lowest BCUT2D eigenvalue weighted by Crippen LogP contribution is -2.29. The monoisotopic (exact) mass is 610 g/mol. The number of fused-ring (bicyclic) bond motifs is 2. The van der Waals surface area contributed by atoms with Gasteiger partial charge in [0.05, 0.1) is 33.4 Å². The number of rotatable bonds is 4. The highest BCUT2D eigenvalue weighted by Crippen LogP contribution is 2.47. The standard InChI is InChI=1S/C28H20BrFN2O6S/c1-12-7-14-8-13(3-6-19(14)38-12)24(33)22-23(15-9-17(29)25(34)20(10-15)37-2)32(27(36)26(22)35)28-31-18-5-4-16(30)11-21(18)39-28/h3-6,8-12,23,33-34H,7H2,1-2H3/t12-,23+/m1/s1. The summed E-state index contributed by atoms with van der Waals surface area (Å²) < 4.78 is 25.7. The van der Waals surface area contributed by atoms with Crippen molar-refractivity contribution in [3.63, 3.8) is 0 Å². The van der Waals surface area contributed by atoms with E-state index in [4.69, 9.17) is 9.47 Å². The minimum Gasteiger partial charge on any atom is -0.507 e. The average molecular weight is 611 g/mol. The second kappa shape index (κ2) is 9.35. The summed E-state index contributed by atoms with van der Waals surface area (Å²) in [6, 6.07) is 11.1. The van der Waals surface area contributed by atoms with Gasteiger partial charge in [0, 0.05) is 12.0 Å². The van der Waals surface area contributed by atoms with Crippen molar-refractivity contribution >= 4 is 60.1 Å². The molecule has 1 amide bonds. The fourth-order valence-electron chi connectivity index (χ4n) is 4.97. The summed E-state index contributed by atoms with van der Waals surface area (Å²) in [7, 11) is 1.37. The maximum absolute atomic E-state index is 13.9. The molecule has 3 aromatic carbocycles. The van der Waals surface area contributed by atoms with Crippen molar-refractivity contribution in [3.8, 4) is 17.2 Å². The number of nitrogens with zero attached hydrogens (tertiary/aromatic N) is 2. The number of carbonyl (C=O) groups is 2. The van der Waals surface area contributed by atoms with Crippen LogP contribution in [-0.4, -0.2) is 40.1 Å². The van der Waals surface area contributed by atoms with Gasteiger partial charge in [0.2, 0.25) is 0 Å². The first-order valence-corrected chi connectivity index (χ1v) is 13.5. The highest BCUT2D eigenvalue weighted by molar-refractivity contribution is 9.10. The molecule has 39 heavy (non-hydrogen) atoms. The smallest absolute Gasteiger partial charge is 0.301 e. The highest BCUT2D eigenvalue weighted by Gasteiger charge is 2.48. The zero-order valence-electron chi connectivity index (χ0n) is 20.6. The molecule has 0 radical (unpaired) electrons. The van der Waals surface area contributed by atoms with E-state index in [-0.39, 0.29) is 38.5 Å². The quantitative estimate of drug-likeness (QED) is 0.169. The molecule has 0 bridgehead atoms. The maximum atomic E-state index is 13.9. The summed E-state index contributed by atoms with van der Waals surface area (Å²) in [6.07, 6.45) is 0.618. The first-order chi connectivity index (χ1) is 18.7. The topological polar surface area (TPSA) is 109 Å². The van der Waals surface area contributed by atoms with Crippen LogP contribution in [0.25, 0.3) is 16.0 Å². The van der Waals surface area contributed by atoms with Crippen LogP contribution in [0.1, 0.15) is 29.7 Å². The number of aromatic nitrogens is 1. The van der Waals surface area contributed by atoms with Gasteiger partial charge >= 0.3 is 5.91 Å².